The Kier molecular flexibility index (Phi) is 4.12. The molecule has 0 aliphatic rings. The van der Waals surface area contributed by atoms with Gasteiger partial charge in [0.1, 0.15) is 0 Å². The Labute approximate surface area is 84.7 Å². The van der Waals surface area contributed by atoms with Crippen LogP contribution in [0, 0.1) is 0 Å². The van der Waals surface area contributed by atoms with Crippen LogP contribution in [0.5, 0.6) is 0 Å². The van der Waals surface area contributed by atoms with E-state index in [4.69, 9.17) is 0 Å². The van der Waals surface area contributed by atoms with Crippen LogP contribution in [0.2, 0.25) is 0 Å². The molecule has 1 rings (SSSR count). The van der Waals surface area contributed by atoms with E-state index in [1.54, 1.807) is 24.3 Å². The van der Waals surface area contributed by atoms with Crippen LogP contribution in [0.15, 0.2) is 28.6 Å². The molecule has 5 heteroatoms. The highest BCUT2D eigenvalue weighted by Crippen LogP contribution is 2.15. The van der Waals surface area contributed by atoms with Crippen LogP contribution >= 0.6 is 0 Å². The number of benzene rings is 1. The van der Waals surface area contributed by atoms with Crippen molar-refractivity contribution in [2.75, 3.05) is 11.9 Å². The first-order valence-electron chi connectivity index (χ1n) is 4.37. The Morgan fingerprint density at radius 2 is 1.93 bits per heavy atom. The highest BCUT2D eigenvalue weighted by molar-refractivity contribution is 7.61. The lowest BCUT2D eigenvalue weighted by atomic mass is 10.3. The minimum absolute atomic E-state index is 0.445. The van der Waals surface area contributed by atoms with Gasteiger partial charge in [0.05, 0.1) is 5.69 Å². The minimum atomic E-state index is -2.37. The molecule has 0 spiro atoms. The molecule has 0 bridgehead atoms. The van der Waals surface area contributed by atoms with Gasteiger partial charge in [0.15, 0.2) is 0 Å². The van der Waals surface area contributed by atoms with Gasteiger partial charge in [0.25, 0.3) is 0 Å². The van der Waals surface area contributed by atoms with E-state index >= 15 is 0 Å². The summed E-state index contributed by atoms with van der Waals surface area (Å²) < 4.78 is 23.9. The normalized spacial score (nSPS) is 9.50. The second-order valence-corrected chi connectivity index (χ2v) is 3.40. The summed E-state index contributed by atoms with van der Waals surface area (Å²) in [5.41, 5.74) is 1.42. The van der Waals surface area contributed by atoms with Crippen molar-refractivity contribution < 1.29 is 8.42 Å². The molecule has 0 unspecified atom stereocenters. The first kappa shape index (κ1) is 10.7. The topological polar surface area (TPSA) is 58.5 Å². The third-order valence-corrected chi connectivity index (χ3v) is 1.99. The molecular weight excluding hydrogens is 200 g/mol. The largest absolute Gasteiger partial charge is 0.385 e. The van der Waals surface area contributed by atoms with E-state index in [0.29, 0.717) is 5.69 Å². The molecule has 14 heavy (non-hydrogen) atoms. The molecule has 0 aliphatic heterocycles. The van der Waals surface area contributed by atoms with Crippen molar-refractivity contribution in [3.63, 3.8) is 0 Å². The molecule has 0 aromatic heterocycles. The SMILES string of the molecule is CCCNc1ccc(N=S(=O)=O)cc1. The first-order chi connectivity index (χ1) is 6.72. The number of nitrogens with zero attached hydrogens (tertiary/aromatic N) is 1. The van der Waals surface area contributed by atoms with E-state index in [1.807, 2.05) is 0 Å². The smallest absolute Gasteiger partial charge is 0.316 e. The molecule has 0 saturated heterocycles. The van der Waals surface area contributed by atoms with E-state index < -0.39 is 10.5 Å². The second-order valence-electron chi connectivity index (χ2n) is 2.78. The van der Waals surface area contributed by atoms with Crippen LogP contribution in [0.3, 0.4) is 0 Å². The lowest BCUT2D eigenvalue weighted by Gasteiger charge is -2.03. The zero-order chi connectivity index (χ0) is 10.4. The molecule has 1 aromatic carbocycles. The van der Waals surface area contributed by atoms with Crippen molar-refractivity contribution in [3.8, 4) is 0 Å². The average Bonchev–Trinajstić information content (AvgIpc) is 2.16. The number of hydrogen-bond acceptors (Lipinski definition) is 4. The van der Waals surface area contributed by atoms with Crippen LogP contribution in [0.25, 0.3) is 0 Å². The summed E-state index contributed by atoms with van der Waals surface area (Å²) in [7, 11) is -2.37. The summed E-state index contributed by atoms with van der Waals surface area (Å²) in [6, 6.07) is 6.93. The fourth-order valence-corrected chi connectivity index (χ4v) is 1.29. The van der Waals surface area contributed by atoms with E-state index in [-0.39, 0.29) is 0 Å². The minimum Gasteiger partial charge on any atom is -0.385 e. The monoisotopic (exact) mass is 212 g/mol. The molecule has 76 valence electrons. The van der Waals surface area contributed by atoms with Crippen molar-refractivity contribution in [3.05, 3.63) is 24.3 Å². The van der Waals surface area contributed by atoms with Gasteiger partial charge in [-0.2, -0.15) is 8.42 Å². The van der Waals surface area contributed by atoms with Gasteiger partial charge in [-0.3, -0.25) is 0 Å². The molecule has 0 amide bonds. The maximum absolute atomic E-state index is 10.2. The third-order valence-electron chi connectivity index (χ3n) is 1.63. The zero-order valence-electron chi connectivity index (χ0n) is 7.90. The lowest BCUT2D eigenvalue weighted by molar-refractivity contribution is 0.622. The molecule has 0 heterocycles. The Morgan fingerprint density at radius 1 is 1.29 bits per heavy atom. The summed E-state index contributed by atoms with van der Waals surface area (Å²) in [6.07, 6.45) is 1.05. The van der Waals surface area contributed by atoms with Crippen molar-refractivity contribution in [1.29, 1.82) is 0 Å². The van der Waals surface area contributed by atoms with Gasteiger partial charge in [0, 0.05) is 12.2 Å². The molecule has 4 nitrogen and oxygen atoms in total. The second kappa shape index (κ2) is 5.39. The van der Waals surface area contributed by atoms with Gasteiger partial charge in [-0.15, -0.1) is 4.36 Å². The Hall–Kier alpha value is -1.36. The highest BCUT2D eigenvalue weighted by Gasteiger charge is 1.91. The van der Waals surface area contributed by atoms with Crippen molar-refractivity contribution >= 4 is 21.9 Å². The standard InChI is InChI=1S/C9H12N2O2S/c1-2-7-10-8-3-5-9(6-4-8)11-14(12)13/h3-6,10H,2,7H2,1H3. The van der Waals surface area contributed by atoms with Gasteiger partial charge in [-0.1, -0.05) is 6.92 Å². The van der Waals surface area contributed by atoms with Gasteiger partial charge in [-0.05, 0) is 30.7 Å². The maximum Gasteiger partial charge on any atom is 0.316 e. The summed E-state index contributed by atoms with van der Waals surface area (Å²) >= 11 is 0. The van der Waals surface area contributed by atoms with Gasteiger partial charge >= 0.3 is 10.5 Å². The van der Waals surface area contributed by atoms with E-state index in [0.717, 1.165) is 18.7 Å². The number of hydrogen-bond donors (Lipinski definition) is 1. The fraction of sp³-hybridized carbons (Fsp3) is 0.333. The summed E-state index contributed by atoms with van der Waals surface area (Å²) in [4.78, 5) is 0. The van der Waals surface area contributed by atoms with Crippen LogP contribution in [-0.2, 0) is 10.5 Å². The van der Waals surface area contributed by atoms with Gasteiger partial charge in [0.2, 0.25) is 0 Å². The van der Waals surface area contributed by atoms with Crippen LogP contribution in [0.1, 0.15) is 13.3 Å². The maximum atomic E-state index is 10.2. The molecule has 0 atom stereocenters. The predicted octanol–water partition coefficient (Wildman–Crippen LogP) is 2.20. The fourth-order valence-electron chi connectivity index (χ4n) is 0.996. The van der Waals surface area contributed by atoms with E-state index in [9.17, 15) is 8.42 Å². The van der Waals surface area contributed by atoms with Crippen LogP contribution < -0.4 is 5.32 Å². The third kappa shape index (κ3) is 3.57. The number of rotatable bonds is 4. The first-order valence-corrected chi connectivity index (χ1v) is 5.40. The molecule has 0 fully saturated rings. The predicted molar refractivity (Wildman–Crippen MR) is 56.2 cm³/mol. The molecule has 0 aliphatic carbocycles. The molecule has 1 N–H and O–H groups in total. The summed E-state index contributed by atoms with van der Waals surface area (Å²) in [5, 5.41) is 3.18. The molecule has 1 aromatic rings. The van der Waals surface area contributed by atoms with Crippen molar-refractivity contribution in [2.24, 2.45) is 4.36 Å². The van der Waals surface area contributed by atoms with Gasteiger partial charge < -0.3 is 5.32 Å². The van der Waals surface area contributed by atoms with Gasteiger partial charge in [-0.25, -0.2) is 0 Å². The summed E-state index contributed by atoms with van der Waals surface area (Å²) in [6.45, 7) is 2.99. The molecular formula is C9H12N2O2S. The van der Waals surface area contributed by atoms with Crippen molar-refractivity contribution in [2.45, 2.75) is 13.3 Å². The summed E-state index contributed by atoms with van der Waals surface area (Å²) in [5.74, 6) is 0. The van der Waals surface area contributed by atoms with E-state index in [1.165, 1.54) is 0 Å². The van der Waals surface area contributed by atoms with Crippen molar-refractivity contribution in [1.82, 2.24) is 0 Å². The van der Waals surface area contributed by atoms with E-state index in [2.05, 4.69) is 16.6 Å². The number of anilines is 1. The quantitative estimate of drug-likeness (QED) is 0.832. The average molecular weight is 212 g/mol. The molecule has 0 radical (unpaired) electrons. The highest BCUT2D eigenvalue weighted by atomic mass is 32.2. The Morgan fingerprint density at radius 3 is 2.43 bits per heavy atom. The van der Waals surface area contributed by atoms with Crippen LogP contribution in [-0.4, -0.2) is 15.0 Å². The number of nitrogens with one attached hydrogen (secondary N) is 1. The Bertz CT molecular complexity index is 401. The zero-order valence-corrected chi connectivity index (χ0v) is 8.71. The lowest BCUT2D eigenvalue weighted by Crippen LogP contribution is -1.98. The van der Waals surface area contributed by atoms with Crippen LogP contribution in [0.4, 0.5) is 11.4 Å². The Balaban J connectivity index is 2.73. The molecule has 0 saturated carbocycles.